The Bertz CT molecular complexity index is 1110. The lowest BCUT2D eigenvalue weighted by Crippen LogP contribution is -2.34. The van der Waals surface area contributed by atoms with Crippen LogP contribution in [0, 0.1) is 0 Å². The molecule has 0 amide bonds. The largest absolute Gasteiger partial charge is 0.478 e. The van der Waals surface area contributed by atoms with Gasteiger partial charge in [0.2, 0.25) is 0 Å². The van der Waals surface area contributed by atoms with Gasteiger partial charge in [-0.3, -0.25) is 0 Å². The zero-order valence-corrected chi connectivity index (χ0v) is 19.1. The average Bonchev–Trinajstić information content (AvgIpc) is 2.80. The summed E-state index contributed by atoms with van der Waals surface area (Å²) in [4.78, 5) is 13.5. The van der Waals surface area contributed by atoms with Crippen LogP contribution in [-0.4, -0.2) is 24.7 Å². The first-order valence-electron chi connectivity index (χ1n) is 11.2. The molecule has 4 rings (SSSR count). The Hall–Kier alpha value is -3.33. The molecule has 1 aliphatic rings. The van der Waals surface area contributed by atoms with Crippen LogP contribution in [-0.2, 0) is 11.8 Å². The van der Waals surface area contributed by atoms with E-state index in [0.29, 0.717) is 5.56 Å². The number of allylic oxidation sites excluding steroid dienone is 1. The number of hydrogen-bond acceptors (Lipinski definition) is 2. The van der Waals surface area contributed by atoms with Crippen LogP contribution in [0.1, 0.15) is 58.8 Å². The number of benzene rings is 3. The number of carbonyl (C=O) groups is 1. The van der Waals surface area contributed by atoms with Gasteiger partial charge >= 0.3 is 5.97 Å². The van der Waals surface area contributed by atoms with Crippen LogP contribution in [0.25, 0.3) is 6.08 Å². The Morgan fingerprint density at radius 1 is 1.06 bits per heavy atom. The number of rotatable bonds is 6. The van der Waals surface area contributed by atoms with Crippen molar-refractivity contribution in [1.82, 2.24) is 0 Å². The molecular weight excluding hydrogens is 394 g/mol. The molecule has 3 aromatic rings. The van der Waals surface area contributed by atoms with Gasteiger partial charge in [0, 0.05) is 25.2 Å². The van der Waals surface area contributed by atoms with Crippen molar-refractivity contribution < 1.29 is 9.90 Å². The van der Waals surface area contributed by atoms with Crippen LogP contribution in [0.3, 0.4) is 0 Å². The van der Waals surface area contributed by atoms with Crippen LogP contribution >= 0.6 is 0 Å². The molecule has 0 spiro atoms. The van der Waals surface area contributed by atoms with Crippen molar-refractivity contribution in [3.05, 3.63) is 107 Å². The topological polar surface area (TPSA) is 40.5 Å². The normalized spacial score (nSPS) is 16.0. The highest BCUT2D eigenvalue weighted by atomic mass is 16.4. The van der Waals surface area contributed by atoms with Gasteiger partial charge in [-0.15, -0.1) is 0 Å². The minimum absolute atomic E-state index is 0.191. The zero-order chi connectivity index (χ0) is 22.7. The molecule has 3 aromatic carbocycles. The maximum Gasteiger partial charge on any atom is 0.335 e. The van der Waals surface area contributed by atoms with Crippen molar-refractivity contribution in [2.75, 3.05) is 18.5 Å². The maximum atomic E-state index is 11.1. The maximum absolute atomic E-state index is 11.1. The molecule has 0 aliphatic carbocycles. The summed E-state index contributed by atoms with van der Waals surface area (Å²) in [6.45, 7) is 5.74. The van der Waals surface area contributed by atoms with Crippen LogP contribution in [0.15, 0.2) is 78.9 Å². The van der Waals surface area contributed by atoms with E-state index < -0.39 is 5.97 Å². The molecule has 1 aliphatic heterocycles. The van der Waals surface area contributed by atoms with Gasteiger partial charge in [-0.1, -0.05) is 80.6 Å². The second-order valence-electron chi connectivity index (χ2n) is 9.41. The molecule has 0 saturated heterocycles. The van der Waals surface area contributed by atoms with Gasteiger partial charge in [-0.25, -0.2) is 4.79 Å². The van der Waals surface area contributed by atoms with Crippen molar-refractivity contribution >= 4 is 17.7 Å². The van der Waals surface area contributed by atoms with Gasteiger partial charge < -0.3 is 10.0 Å². The first-order valence-corrected chi connectivity index (χ1v) is 11.2. The predicted octanol–water partition coefficient (Wildman–Crippen LogP) is 6.54. The third-order valence-electron chi connectivity index (χ3n) is 6.64. The Labute approximate surface area is 191 Å². The quantitative estimate of drug-likeness (QED) is 0.487. The molecule has 1 unspecified atom stereocenters. The summed E-state index contributed by atoms with van der Waals surface area (Å²) < 4.78 is 0. The molecule has 0 bridgehead atoms. The summed E-state index contributed by atoms with van der Waals surface area (Å²) in [6, 6.07) is 24.6. The summed E-state index contributed by atoms with van der Waals surface area (Å²) in [5.41, 5.74) is 6.85. The Morgan fingerprint density at radius 3 is 2.47 bits per heavy atom. The van der Waals surface area contributed by atoms with E-state index in [-0.39, 0.29) is 11.3 Å². The number of fused-ring (bicyclic) bond motifs is 1. The molecule has 0 fully saturated rings. The van der Waals surface area contributed by atoms with Crippen LogP contribution < -0.4 is 4.90 Å². The predicted molar refractivity (Wildman–Crippen MR) is 133 cm³/mol. The van der Waals surface area contributed by atoms with Crippen LogP contribution in [0.4, 0.5) is 5.69 Å². The minimum atomic E-state index is -0.899. The highest BCUT2D eigenvalue weighted by molar-refractivity contribution is 5.87. The molecule has 1 N–H and O–H groups in total. The van der Waals surface area contributed by atoms with Gasteiger partial charge in [0.1, 0.15) is 0 Å². The molecule has 0 aromatic heterocycles. The summed E-state index contributed by atoms with van der Waals surface area (Å²) in [6.07, 6.45) is 6.43. The molecule has 0 saturated carbocycles. The van der Waals surface area contributed by atoms with Gasteiger partial charge in [-0.05, 0) is 58.7 Å². The number of anilines is 1. The minimum Gasteiger partial charge on any atom is -0.478 e. The summed E-state index contributed by atoms with van der Waals surface area (Å²) in [5.74, 6) is -0.677. The monoisotopic (exact) mass is 425 g/mol. The lowest BCUT2D eigenvalue weighted by atomic mass is 9.76. The fraction of sp³-hybridized carbons (Fsp3) is 0.276. The number of carboxylic acids is 1. The standard InChI is InChI=1S/C29H31NO2/c1-29(2)17-18-30(3)27-20-25(15-16-26(27)29)24(19-22-7-5-4-6-8-22)14-11-21-9-12-23(13-10-21)28(31)32/h4-16,20,24H,17-19H2,1-3H3,(H,31,32)/b14-11+. The van der Waals surface area contributed by atoms with E-state index in [4.69, 9.17) is 5.11 Å². The fourth-order valence-electron chi connectivity index (χ4n) is 4.50. The third kappa shape index (κ3) is 4.77. The van der Waals surface area contributed by atoms with Crippen molar-refractivity contribution in [3.8, 4) is 0 Å². The van der Waals surface area contributed by atoms with Gasteiger partial charge in [0.25, 0.3) is 0 Å². The average molecular weight is 426 g/mol. The smallest absolute Gasteiger partial charge is 0.335 e. The van der Waals surface area contributed by atoms with Crippen LogP contribution in [0.5, 0.6) is 0 Å². The number of hydrogen-bond donors (Lipinski definition) is 1. The molecule has 32 heavy (non-hydrogen) atoms. The van der Waals surface area contributed by atoms with Gasteiger partial charge in [0.05, 0.1) is 5.56 Å². The van der Waals surface area contributed by atoms with Crippen molar-refractivity contribution in [2.45, 2.75) is 38.0 Å². The lowest BCUT2D eigenvalue weighted by molar-refractivity contribution is 0.0697. The summed E-state index contributed by atoms with van der Waals surface area (Å²) in [7, 11) is 2.18. The highest BCUT2D eigenvalue weighted by Crippen LogP contribution is 2.40. The molecule has 164 valence electrons. The van der Waals surface area contributed by atoms with Gasteiger partial charge in [0.15, 0.2) is 0 Å². The first kappa shape index (κ1) is 21.9. The van der Waals surface area contributed by atoms with Crippen molar-refractivity contribution in [2.24, 2.45) is 0 Å². The molecule has 3 heteroatoms. The third-order valence-corrected chi connectivity index (χ3v) is 6.64. The first-order chi connectivity index (χ1) is 15.3. The number of aromatic carboxylic acids is 1. The van der Waals surface area contributed by atoms with E-state index in [1.165, 1.54) is 22.4 Å². The molecule has 3 nitrogen and oxygen atoms in total. The molecular formula is C29H31NO2. The second-order valence-corrected chi connectivity index (χ2v) is 9.41. The molecule has 0 radical (unpaired) electrons. The number of carboxylic acid groups (broad SMARTS) is 1. The fourth-order valence-corrected chi connectivity index (χ4v) is 4.50. The Balaban J connectivity index is 1.68. The highest BCUT2D eigenvalue weighted by Gasteiger charge is 2.30. The van der Waals surface area contributed by atoms with E-state index >= 15 is 0 Å². The zero-order valence-electron chi connectivity index (χ0n) is 19.1. The number of nitrogens with zero attached hydrogens (tertiary/aromatic N) is 1. The molecule has 1 heterocycles. The second kappa shape index (κ2) is 9.04. The van der Waals surface area contributed by atoms with Crippen molar-refractivity contribution in [1.29, 1.82) is 0 Å². The van der Waals surface area contributed by atoms with Crippen molar-refractivity contribution in [3.63, 3.8) is 0 Å². The van der Waals surface area contributed by atoms with E-state index in [2.05, 4.69) is 80.4 Å². The Kier molecular flexibility index (Phi) is 6.18. The molecule has 1 atom stereocenters. The SMILES string of the molecule is CN1CCC(C)(C)c2ccc(C(/C=C/c3ccc(C(=O)O)cc3)Cc3ccccc3)cc21. The van der Waals surface area contributed by atoms with E-state index in [9.17, 15) is 4.79 Å². The van der Waals surface area contributed by atoms with Gasteiger partial charge in [-0.2, -0.15) is 0 Å². The summed E-state index contributed by atoms with van der Waals surface area (Å²) >= 11 is 0. The van der Waals surface area contributed by atoms with Crippen LogP contribution in [0.2, 0.25) is 0 Å². The van der Waals surface area contributed by atoms with E-state index in [1.807, 2.05) is 18.2 Å². The lowest BCUT2D eigenvalue weighted by Gasteiger charge is -2.39. The Morgan fingerprint density at radius 2 is 1.78 bits per heavy atom. The van der Waals surface area contributed by atoms with E-state index in [0.717, 1.165) is 24.9 Å². The summed E-state index contributed by atoms with van der Waals surface area (Å²) in [5, 5.41) is 9.14. The van der Waals surface area contributed by atoms with E-state index in [1.54, 1.807) is 12.1 Å².